The van der Waals surface area contributed by atoms with Crippen LogP contribution in [0.25, 0.3) is 11.3 Å². The molecule has 6 heteroatoms. The van der Waals surface area contributed by atoms with Crippen LogP contribution in [0.15, 0.2) is 39.8 Å². The van der Waals surface area contributed by atoms with Gasteiger partial charge in [-0.2, -0.15) is 0 Å². The average molecular weight is 272 g/mol. The van der Waals surface area contributed by atoms with Gasteiger partial charge < -0.3 is 4.52 Å². The Morgan fingerprint density at radius 3 is 2.41 bits per heavy atom. The molecule has 0 aliphatic heterocycles. The molecule has 0 amide bonds. The highest BCUT2D eigenvalue weighted by atomic mass is 35.5. The Morgan fingerprint density at radius 2 is 1.94 bits per heavy atom. The summed E-state index contributed by atoms with van der Waals surface area (Å²) in [6.07, 6.45) is 1.17. The van der Waals surface area contributed by atoms with E-state index in [1.54, 1.807) is 30.3 Å². The minimum Gasteiger partial charge on any atom is -0.359 e. The van der Waals surface area contributed by atoms with Gasteiger partial charge in [0.2, 0.25) is 0 Å². The van der Waals surface area contributed by atoms with Gasteiger partial charge in [0.05, 0.1) is 10.8 Å². The molecule has 0 N–H and O–H groups in total. The van der Waals surface area contributed by atoms with Crippen LogP contribution in [0.2, 0.25) is 0 Å². The van der Waals surface area contributed by atoms with E-state index in [0.29, 0.717) is 11.5 Å². The Hall–Kier alpha value is -1.33. The molecule has 0 spiro atoms. The van der Waals surface area contributed by atoms with Crippen molar-refractivity contribution in [3.8, 4) is 11.3 Å². The van der Waals surface area contributed by atoms with E-state index in [2.05, 4.69) is 5.16 Å². The third-order valence-corrected chi connectivity index (χ3v) is 3.66. The van der Waals surface area contributed by atoms with Gasteiger partial charge in [-0.15, -0.1) is 11.6 Å². The van der Waals surface area contributed by atoms with Crippen molar-refractivity contribution in [3.63, 3.8) is 0 Å². The molecule has 1 aromatic heterocycles. The lowest BCUT2D eigenvalue weighted by molar-refractivity contribution is 0.396. The second-order valence-corrected chi connectivity index (χ2v) is 5.89. The zero-order valence-electron chi connectivity index (χ0n) is 9.05. The highest BCUT2D eigenvalue weighted by Crippen LogP contribution is 2.21. The van der Waals surface area contributed by atoms with Crippen molar-refractivity contribution < 1.29 is 12.9 Å². The summed E-state index contributed by atoms with van der Waals surface area (Å²) in [4.78, 5) is 0.280. The molecule has 0 radical (unpaired) electrons. The van der Waals surface area contributed by atoms with E-state index < -0.39 is 9.84 Å². The zero-order chi connectivity index (χ0) is 12.5. The summed E-state index contributed by atoms with van der Waals surface area (Å²) in [7, 11) is -3.17. The molecule has 1 aromatic carbocycles. The number of benzene rings is 1. The molecule has 0 atom stereocenters. The first-order chi connectivity index (χ1) is 8.00. The summed E-state index contributed by atoms with van der Waals surface area (Å²) in [5.74, 6) is 0.836. The van der Waals surface area contributed by atoms with Gasteiger partial charge in [-0.3, -0.25) is 0 Å². The third kappa shape index (κ3) is 2.68. The fourth-order valence-corrected chi connectivity index (χ4v) is 2.14. The Morgan fingerprint density at radius 1 is 1.29 bits per heavy atom. The third-order valence-electron chi connectivity index (χ3n) is 2.27. The standard InChI is InChI=1S/C11H10ClNO3S/c1-17(14,15)10-4-2-8(3-5-10)11-6-9(7-12)16-13-11/h2-6H,7H2,1H3. The molecule has 0 aliphatic carbocycles. The molecule has 0 saturated carbocycles. The van der Waals surface area contributed by atoms with Crippen molar-refractivity contribution >= 4 is 21.4 Å². The molecule has 0 bridgehead atoms. The Balaban J connectivity index is 2.35. The van der Waals surface area contributed by atoms with E-state index in [9.17, 15) is 8.42 Å². The molecule has 17 heavy (non-hydrogen) atoms. The van der Waals surface area contributed by atoms with Crippen molar-refractivity contribution in [2.45, 2.75) is 10.8 Å². The van der Waals surface area contributed by atoms with E-state index in [-0.39, 0.29) is 10.8 Å². The van der Waals surface area contributed by atoms with Gasteiger partial charge in [0.1, 0.15) is 5.69 Å². The number of hydrogen-bond acceptors (Lipinski definition) is 4. The van der Waals surface area contributed by atoms with Crippen LogP contribution in [0.3, 0.4) is 0 Å². The molecule has 0 fully saturated rings. The Kier molecular flexibility index (Phi) is 3.22. The van der Waals surface area contributed by atoms with Crippen LogP contribution in [-0.4, -0.2) is 19.8 Å². The first-order valence-corrected chi connectivity index (χ1v) is 7.25. The summed E-state index contributed by atoms with van der Waals surface area (Å²) >= 11 is 5.60. The molecule has 0 unspecified atom stereocenters. The molecule has 2 aromatic rings. The van der Waals surface area contributed by atoms with Gasteiger partial charge in [0.25, 0.3) is 0 Å². The first-order valence-electron chi connectivity index (χ1n) is 4.83. The zero-order valence-corrected chi connectivity index (χ0v) is 10.6. The molecule has 0 saturated heterocycles. The Labute approximate surface area is 104 Å². The molecule has 4 nitrogen and oxygen atoms in total. The maximum atomic E-state index is 11.3. The van der Waals surface area contributed by atoms with Gasteiger partial charge >= 0.3 is 0 Å². The fourth-order valence-electron chi connectivity index (χ4n) is 1.38. The van der Waals surface area contributed by atoms with Crippen LogP contribution >= 0.6 is 11.6 Å². The Bertz CT molecular complexity index is 616. The smallest absolute Gasteiger partial charge is 0.175 e. The summed E-state index contributed by atoms with van der Waals surface area (Å²) < 4.78 is 27.5. The van der Waals surface area contributed by atoms with Crippen molar-refractivity contribution in [1.82, 2.24) is 5.16 Å². The number of halogens is 1. The molecule has 0 aliphatic rings. The van der Waals surface area contributed by atoms with Crippen molar-refractivity contribution in [2.75, 3.05) is 6.26 Å². The molecule has 1 heterocycles. The summed E-state index contributed by atoms with van der Waals surface area (Å²) in [5.41, 5.74) is 1.43. The van der Waals surface area contributed by atoms with Crippen LogP contribution in [0.4, 0.5) is 0 Å². The minimum atomic E-state index is -3.17. The number of sulfone groups is 1. The summed E-state index contributed by atoms with van der Waals surface area (Å²) in [6, 6.07) is 8.18. The minimum absolute atomic E-state index is 0.258. The summed E-state index contributed by atoms with van der Waals surface area (Å²) in [6.45, 7) is 0. The van der Waals surface area contributed by atoms with Gasteiger partial charge in [-0.1, -0.05) is 17.3 Å². The van der Waals surface area contributed by atoms with E-state index in [1.165, 1.54) is 6.26 Å². The van der Waals surface area contributed by atoms with Gasteiger partial charge in [-0.05, 0) is 12.1 Å². The number of nitrogens with zero attached hydrogens (tertiary/aromatic N) is 1. The van der Waals surface area contributed by atoms with E-state index in [0.717, 1.165) is 5.56 Å². The monoisotopic (exact) mass is 271 g/mol. The van der Waals surface area contributed by atoms with E-state index in [1.807, 2.05) is 0 Å². The normalized spacial score (nSPS) is 11.6. The lowest BCUT2D eigenvalue weighted by Gasteiger charge is -1.99. The van der Waals surface area contributed by atoms with Crippen LogP contribution in [0.1, 0.15) is 5.76 Å². The number of aromatic nitrogens is 1. The lowest BCUT2D eigenvalue weighted by Crippen LogP contribution is -1.96. The number of rotatable bonds is 3. The largest absolute Gasteiger partial charge is 0.359 e. The van der Waals surface area contributed by atoms with Crippen LogP contribution < -0.4 is 0 Å². The highest BCUT2D eigenvalue weighted by molar-refractivity contribution is 7.90. The van der Waals surface area contributed by atoms with E-state index >= 15 is 0 Å². The average Bonchev–Trinajstić information content (AvgIpc) is 2.76. The predicted octanol–water partition coefficient (Wildman–Crippen LogP) is 2.48. The lowest BCUT2D eigenvalue weighted by atomic mass is 10.1. The maximum Gasteiger partial charge on any atom is 0.175 e. The molecular formula is C11H10ClNO3S. The molecule has 90 valence electrons. The topological polar surface area (TPSA) is 60.2 Å². The van der Waals surface area contributed by atoms with Crippen LogP contribution in [0, 0.1) is 0 Å². The van der Waals surface area contributed by atoms with Gasteiger partial charge in [0, 0.05) is 17.9 Å². The number of alkyl halides is 1. The fraction of sp³-hybridized carbons (Fsp3) is 0.182. The van der Waals surface area contributed by atoms with Crippen LogP contribution in [0.5, 0.6) is 0 Å². The SMILES string of the molecule is CS(=O)(=O)c1ccc(-c2cc(CCl)on2)cc1. The van der Waals surface area contributed by atoms with Gasteiger partial charge in [0.15, 0.2) is 15.6 Å². The number of hydrogen-bond donors (Lipinski definition) is 0. The van der Waals surface area contributed by atoms with E-state index in [4.69, 9.17) is 16.1 Å². The highest BCUT2D eigenvalue weighted by Gasteiger charge is 2.09. The molecular weight excluding hydrogens is 262 g/mol. The van der Waals surface area contributed by atoms with Crippen molar-refractivity contribution in [3.05, 3.63) is 36.1 Å². The quantitative estimate of drug-likeness (QED) is 0.805. The van der Waals surface area contributed by atoms with Crippen molar-refractivity contribution in [1.29, 1.82) is 0 Å². The van der Waals surface area contributed by atoms with Crippen molar-refractivity contribution in [2.24, 2.45) is 0 Å². The summed E-state index contributed by atoms with van der Waals surface area (Å²) in [5, 5.41) is 3.84. The predicted molar refractivity (Wildman–Crippen MR) is 64.6 cm³/mol. The van der Waals surface area contributed by atoms with Gasteiger partial charge in [-0.25, -0.2) is 8.42 Å². The maximum absolute atomic E-state index is 11.3. The molecule has 2 rings (SSSR count). The first kappa shape index (κ1) is 12.1. The second-order valence-electron chi connectivity index (χ2n) is 3.61. The second kappa shape index (κ2) is 4.50. The van der Waals surface area contributed by atoms with Crippen LogP contribution in [-0.2, 0) is 15.7 Å².